The molecule has 1 N–H and O–H groups in total. The Kier molecular flexibility index (Phi) is 5.26. The van der Waals surface area contributed by atoms with Gasteiger partial charge in [-0.25, -0.2) is 4.79 Å². The Balaban J connectivity index is 1.57. The van der Waals surface area contributed by atoms with Crippen LogP contribution in [-0.2, 0) is 14.3 Å². The Bertz CT molecular complexity index is 844. The van der Waals surface area contributed by atoms with Gasteiger partial charge in [0.25, 0.3) is 5.91 Å². The molecule has 0 spiro atoms. The van der Waals surface area contributed by atoms with E-state index >= 15 is 0 Å². The van der Waals surface area contributed by atoms with Gasteiger partial charge in [0, 0.05) is 21.3 Å². The summed E-state index contributed by atoms with van der Waals surface area (Å²) in [6.07, 6.45) is 1.69. The number of anilines is 1. The van der Waals surface area contributed by atoms with Crippen LogP contribution in [0.15, 0.2) is 48.0 Å². The van der Waals surface area contributed by atoms with Crippen LogP contribution in [-0.4, -0.2) is 25.1 Å². The highest BCUT2D eigenvalue weighted by atomic mass is 35.5. The summed E-state index contributed by atoms with van der Waals surface area (Å²) < 4.78 is 10.5. The van der Waals surface area contributed by atoms with E-state index in [0.29, 0.717) is 27.1 Å². The van der Waals surface area contributed by atoms with Gasteiger partial charge < -0.3 is 14.8 Å². The van der Waals surface area contributed by atoms with E-state index in [2.05, 4.69) is 5.32 Å². The van der Waals surface area contributed by atoms with Crippen LogP contribution >= 0.6 is 23.2 Å². The lowest BCUT2D eigenvalue weighted by Crippen LogP contribution is -2.23. The van der Waals surface area contributed by atoms with Gasteiger partial charge >= 0.3 is 5.97 Å². The lowest BCUT2D eigenvalue weighted by molar-refractivity contribution is -0.143. The highest BCUT2D eigenvalue weighted by Crippen LogP contribution is 2.26. The number of benzene rings is 2. The number of para-hydroxylation sites is 1. The lowest BCUT2D eigenvalue weighted by atomic mass is 10.1. The molecule has 1 aliphatic heterocycles. The summed E-state index contributed by atoms with van der Waals surface area (Å²) in [5.41, 5.74) is 1.56. The highest BCUT2D eigenvalue weighted by Gasteiger charge is 2.19. The normalized spacial score (nSPS) is 12.5. The number of hydrogen-bond donors (Lipinski definition) is 1. The van der Waals surface area contributed by atoms with Crippen molar-refractivity contribution in [2.75, 3.05) is 18.5 Å². The molecule has 1 amide bonds. The van der Waals surface area contributed by atoms with Gasteiger partial charge in [-0.2, -0.15) is 0 Å². The van der Waals surface area contributed by atoms with Gasteiger partial charge in [-0.1, -0.05) is 41.4 Å². The molecule has 2 aromatic rings. The molecule has 25 heavy (non-hydrogen) atoms. The van der Waals surface area contributed by atoms with Crippen LogP contribution in [0, 0.1) is 0 Å². The average molecular weight is 378 g/mol. The van der Waals surface area contributed by atoms with E-state index in [9.17, 15) is 9.59 Å². The number of rotatable bonds is 4. The van der Waals surface area contributed by atoms with Gasteiger partial charge in [0.05, 0.1) is 5.57 Å². The van der Waals surface area contributed by atoms with E-state index in [4.69, 9.17) is 32.7 Å². The average Bonchev–Trinajstić information content (AvgIpc) is 2.58. The molecule has 5 nitrogen and oxygen atoms in total. The first-order valence-corrected chi connectivity index (χ1v) is 8.12. The third kappa shape index (κ3) is 4.53. The summed E-state index contributed by atoms with van der Waals surface area (Å²) in [5.74, 6) is -0.396. The zero-order chi connectivity index (χ0) is 17.8. The van der Waals surface area contributed by atoms with Crippen LogP contribution in [0.1, 0.15) is 5.56 Å². The van der Waals surface area contributed by atoms with E-state index in [1.807, 2.05) is 24.3 Å². The minimum atomic E-state index is -0.603. The second-order valence-corrected chi connectivity index (χ2v) is 6.15. The summed E-state index contributed by atoms with van der Waals surface area (Å²) in [7, 11) is 0. The Hall–Kier alpha value is -2.50. The van der Waals surface area contributed by atoms with Gasteiger partial charge in [-0.15, -0.1) is 0 Å². The van der Waals surface area contributed by atoms with Crippen molar-refractivity contribution in [1.82, 2.24) is 0 Å². The monoisotopic (exact) mass is 377 g/mol. The number of carbonyl (C=O) groups is 2. The zero-order valence-corrected chi connectivity index (χ0v) is 14.4. The quantitative estimate of drug-likeness (QED) is 0.819. The molecule has 0 saturated heterocycles. The Morgan fingerprint density at radius 2 is 1.84 bits per heavy atom. The topological polar surface area (TPSA) is 64.6 Å². The Morgan fingerprint density at radius 1 is 1.12 bits per heavy atom. The Labute approximate surface area is 154 Å². The molecule has 0 atom stereocenters. The fraction of sp³-hybridized carbons (Fsp3) is 0.111. The molecule has 0 bridgehead atoms. The molecule has 0 aromatic heterocycles. The van der Waals surface area contributed by atoms with E-state index < -0.39 is 18.5 Å². The first kappa shape index (κ1) is 17.3. The molecule has 0 fully saturated rings. The standard InChI is InChI=1S/C18H13Cl2NO4/c19-13-6-14(20)8-15(7-13)21-17(22)10-25-18(23)12-5-11-3-1-2-4-16(11)24-9-12/h1-8H,9-10H2,(H,21,22). The maximum Gasteiger partial charge on any atom is 0.338 e. The van der Waals surface area contributed by atoms with Crippen molar-refractivity contribution >= 4 is 46.8 Å². The molecular formula is C18H13Cl2NO4. The molecule has 7 heteroatoms. The molecular weight excluding hydrogens is 365 g/mol. The molecule has 128 valence electrons. The fourth-order valence-electron chi connectivity index (χ4n) is 2.28. The number of ether oxygens (including phenoxy) is 2. The number of fused-ring (bicyclic) bond motifs is 1. The van der Waals surface area contributed by atoms with Crippen LogP contribution in [0.3, 0.4) is 0 Å². The molecule has 0 saturated carbocycles. The molecule has 0 radical (unpaired) electrons. The number of carbonyl (C=O) groups excluding carboxylic acids is 2. The molecule has 1 aliphatic rings. The summed E-state index contributed by atoms with van der Waals surface area (Å²) in [6, 6.07) is 12.0. The van der Waals surface area contributed by atoms with Crippen molar-refractivity contribution in [3.8, 4) is 5.75 Å². The fourth-order valence-corrected chi connectivity index (χ4v) is 2.81. The number of esters is 1. The largest absolute Gasteiger partial charge is 0.488 e. The molecule has 1 heterocycles. The number of hydrogen-bond acceptors (Lipinski definition) is 4. The van der Waals surface area contributed by atoms with Gasteiger partial charge in [-0.05, 0) is 30.3 Å². The van der Waals surface area contributed by atoms with E-state index in [1.165, 1.54) is 0 Å². The second-order valence-electron chi connectivity index (χ2n) is 5.28. The number of nitrogens with one attached hydrogen (secondary N) is 1. The number of halogens is 2. The maximum absolute atomic E-state index is 12.1. The van der Waals surface area contributed by atoms with Crippen molar-refractivity contribution in [2.24, 2.45) is 0 Å². The van der Waals surface area contributed by atoms with E-state index in [0.717, 1.165) is 5.56 Å². The van der Waals surface area contributed by atoms with Crippen molar-refractivity contribution in [3.63, 3.8) is 0 Å². The van der Waals surface area contributed by atoms with Crippen LogP contribution in [0.25, 0.3) is 6.08 Å². The van der Waals surface area contributed by atoms with Gasteiger partial charge in [0.1, 0.15) is 12.4 Å². The first-order valence-electron chi connectivity index (χ1n) is 7.37. The van der Waals surface area contributed by atoms with Crippen molar-refractivity contribution in [1.29, 1.82) is 0 Å². The maximum atomic E-state index is 12.1. The van der Waals surface area contributed by atoms with Gasteiger partial charge in [0.15, 0.2) is 6.61 Å². The third-order valence-electron chi connectivity index (χ3n) is 3.37. The van der Waals surface area contributed by atoms with Crippen LogP contribution < -0.4 is 10.1 Å². The number of amides is 1. The van der Waals surface area contributed by atoms with E-state index in [1.54, 1.807) is 24.3 Å². The first-order chi connectivity index (χ1) is 12.0. The summed E-state index contributed by atoms with van der Waals surface area (Å²) >= 11 is 11.7. The Morgan fingerprint density at radius 3 is 2.60 bits per heavy atom. The zero-order valence-electron chi connectivity index (χ0n) is 12.9. The van der Waals surface area contributed by atoms with Crippen molar-refractivity contribution in [3.05, 3.63) is 63.6 Å². The molecule has 2 aromatic carbocycles. The SMILES string of the molecule is O=C(COC(=O)C1=Cc2ccccc2OC1)Nc1cc(Cl)cc(Cl)c1. The van der Waals surface area contributed by atoms with Gasteiger partial charge in [-0.3, -0.25) is 4.79 Å². The van der Waals surface area contributed by atoms with Crippen molar-refractivity contribution < 1.29 is 19.1 Å². The van der Waals surface area contributed by atoms with Crippen molar-refractivity contribution in [2.45, 2.75) is 0 Å². The van der Waals surface area contributed by atoms with E-state index in [-0.39, 0.29) is 6.61 Å². The molecule has 0 aliphatic carbocycles. The summed E-state index contributed by atoms with van der Waals surface area (Å²) in [6.45, 7) is -0.330. The van der Waals surface area contributed by atoms with Gasteiger partial charge in [0.2, 0.25) is 0 Å². The third-order valence-corrected chi connectivity index (χ3v) is 3.81. The summed E-state index contributed by atoms with van der Waals surface area (Å²) in [5, 5.41) is 3.35. The second kappa shape index (κ2) is 7.59. The van der Waals surface area contributed by atoms with Crippen LogP contribution in [0.2, 0.25) is 10.0 Å². The lowest BCUT2D eigenvalue weighted by Gasteiger charge is -2.16. The minimum absolute atomic E-state index is 0.0986. The predicted molar refractivity (Wildman–Crippen MR) is 96.0 cm³/mol. The molecule has 0 unspecified atom stereocenters. The summed E-state index contributed by atoms with van der Waals surface area (Å²) in [4.78, 5) is 24.0. The van der Waals surface area contributed by atoms with Crippen LogP contribution in [0.4, 0.5) is 5.69 Å². The smallest absolute Gasteiger partial charge is 0.338 e. The predicted octanol–water partition coefficient (Wildman–Crippen LogP) is 3.95. The van der Waals surface area contributed by atoms with Crippen LogP contribution in [0.5, 0.6) is 5.75 Å². The molecule has 3 rings (SSSR count). The highest BCUT2D eigenvalue weighted by molar-refractivity contribution is 6.35. The minimum Gasteiger partial charge on any atom is -0.488 e.